The van der Waals surface area contributed by atoms with Crippen molar-refractivity contribution in [3.05, 3.63) is 16.4 Å². The molecule has 1 unspecified atom stereocenters. The van der Waals surface area contributed by atoms with Crippen LogP contribution in [0.2, 0.25) is 5.02 Å². The van der Waals surface area contributed by atoms with Gasteiger partial charge in [0.05, 0.1) is 16.4 Å². The van der Waals surface area contributed by atoms with E-state index in [9.17, 15) is 0 Å². The fourth-order valence-corrected chi connectivity index (χ4v) is 3.76. The van der Waals surface area contributed by atoms with E-state index in [-0.39, 0.29) is 0 Å². The third kappa shape index (κ3) is 4.23. The SMILES string of the molecule is CCCNC(Cc1c(Cl)c(C)nn1CC)C1CCCCC1. The molecule has 0 spiro atoms. The molecule has 0 amide bonds. The van der Waals surface area contributed by atoms with Crippen molar-refractivity contribution in [2.75, 3.05) is 6.54 Å². The Labute approximate surface area is 134 Å². The van der Waals surface area contributed by atoms with Crippen molar-refractivity contribution in [1.82, 2.24) is 15.1 Å². The lowest BCUT2D eigenvalue weighted by Gasteiger charge is -2.31. The third-order valence-electron chi connectivity index (χ3n) is 4.74. The molecule has 1 aromatic rings. The first-order valence-corrected chi connectivity index (χ1v) is 9.00. The van der Waals surface area contributed by atoms with E-state index < -0.39 is 0 Å². The van der Waals surface area contributed by atoms with Crippen molar-refractivity contribution < 1.29 is 0 Å². The standard InChI is InChI=1S/C17H30ClN3/c1-4-11-19-15(14-9-7-6-8-10-14)12-16-17(18)13(3)20-21(16)5-2/h14-15,19H,4-12H2,1-3H3. The van der Waals surface area contributed by atoms with Gasteiger partial charge in [-0.25, -0.2) is 0 Å². The van der Waals surface area contributed by atoms with E-state index in [1.54, 1.807) is 0 Å². The molecule has 1 N–H and O–H groups in total. The minimum Gasteiger partial charge on any atom is -0.313 e. The zero-order valence-electron chi connectivity index (χ0n) is 13.8. The first-order valence-electron chi connectivity index (χ1n) is 8.62. The molecule has 2 rings (SSSR count). The van der Waals surface area contributed by atoms with Crippen LogP contribution in [0.1, 0.15) is 63.8 Å². The van der Waals surface area contributed by atoms with E-state index in [2.05, 4.69) is 28.9 Å². The van der Waals surface area contributed by atoms with Crippen molar-refractivity contribution in [3.63, 3.8) is 0 Å². The lowest BCUT2D eigenvalue weighted by atomic mass is 9.82. The highest BCUT2D eigenvalue weighted by molar-refractivity contribution is 6.31. The summed E-state index contributed by atoms with van der Waals surface area (Å²) in [6.07, 6.45) is 9.09. The van der Waals surface area contributed by atoms with Crippen molar-refractivity contribution in [3.8, 4) is 0 Å². The van der Waals surface area contributed by atoms with Crippen LogP contribution in [-0.2, 0) is 13.0 Å². The predicted molar refractivity (Wildman–Crippen MR) is 90.0 cm³/mol. The predicted octanol–water partition coefficient (Wildman–Crippen LogP) is 4.36. The summed E-state index contributed by atoms with van der Waals surface area (Å²) in [7, 11) is 0. The molecule has 1 aliphatic rings. The molecular weight excluding hydrogens is 282 g/mol. The van der Waals surface area contributed by atoms with Crippen molar-refractivity contribution in [2.45, 2.75) is 78.3 Å². The molecule has 21 heavy (non-hydrogen) atoms. The maximum Gasteiger partial charge on any atom is 0.0847 e. The highest BCUT2D eigenvalue weighted by Gasteiger charge is 2.26. The molecule has 1 saturated carbocycles. The second-order valence-electron chi connectivity index (χ2n) is 6.32. The Morgan fingerprint density at radius 3 is 2.62 bits per heavy atom. The second kappa shape index (κ2) is 8.19. The van der Waals surface area contributed by atoms with E-state index in [1.165, 1.54) is 44.2 Å². The molecule has 4 heteroatoms. The summed E-state index contributed by atoms with van der Waals surface area (Å²) >= 11 is 6.50. The average molecular weight is 312 g/mol. The number of nitrogens with zero attached hydrogens (tertiary/aromatic N) is 2. The van der Waals surface area contributed by atoms with Crippen LogP contribution in [0, 0.1) is 12.8 Å². The minimum absolute atomic E-state index is 0.546. The van der Waals surface area contributed by atoms with Crippen molar-refractivity contribution in [1.29, 1.82) is 0 Å². The van der Waals surface area contributed by atoms with Crippen molar-refractivity contribution >= 4 is 11.6 Å². The number of aryl methyl sites for hydroxylation is 2. The Bertz CT molecular complexity index is 435. The summed E-state index contributed by atoms with van der Waals surface area (Å²) in [5.74, 6) is 0.793. The van der Waals surface area contributed by atoms with Gasteiger partial charge in [0.2, 0.25) is 0 Å². The molecular formula is C17H30ClN3. The van der Waals surface area contributed by atoms with Crippen LogP contribution in [0.5, 0.6) is 0 Å². The Balaban J connectivity index is 2.13. The average Bonchev–Trinajstić information content (AvgIpc) is 2.79. The van der Waals surface area contributed by atoms with E-state index in [0.29, 0.717) is 6.04 Å². The molecule has 0 aliphatic heterocycles. The molecule has 120 valence electrons. The van der Waals surface area contributed by atoms with Crippen LogP contribution >= 0.6 is 11.6 Å². The molecule has 1 heterocycles. The number of nitrogens with one attached hydrogen (secondary N) is 1. The van der Waals surface area contributed by atoms with Gasteiger partial charge < -0.3 is 5.32 Å². The van der Waals surface area contributed by atoms with E-state index in [1.807, 2.05) is 6.92 Å². The van der Waals surface area contributed by atoms with Crippen LogP contribution in [0.4, 0.5) is 0 Å². The van der Waals surface area contributed by atoms with Crippen LogP contribution in [-0.4, -0.2) is 22.4 Å². The van der Waals surface area contributed by atoms with Crippen LogP contribution in [0.25, 0.3) is 0 Å². The van der Waals surface area contributed by atoms with Crippen LogP contribution in [0.15, 0.2) is 0 Å². The summed E-state index contributed by atoms with van der Waals surface area (Å²) in [6, 6.07) is 0.546. The van der Waals surface area contributed by atoms with Gasteiger partial charge in [-0.15, -0.1) is 0 Å². The third-order valence-corrected chi connectivity index (χ3v) is 5.23. The Morgan fingerprint density at radius 1 is 1.29 bits per heavy atom. The number of halogens is 1. The van der Waals surface area contributed by atoms with Crippen LogP contribution in [0.3, 0.4) is 0 Å². The second-order valence-corrected chi connectivity index (χ2v) is 6.70. The largest absolute Gasteiger partial charge is 0.313 e. The lowest BCUT2D eigenvalue weighted by molar-refractivity contribution is 0.264. The zero-order chi connectivity index (χ0) is 15.2. The molecule has 1 atom stereocenters. The normalized spacial score (nSPS) is 18.1. The summed E-state index contributed by atoms with van der Waals surface area (Å²) in [5, 5.41) is 9.21. The highest BCUT2D eigenvalue weighted by atomic mass is 35.5. The number of aromatic nitrogens is 2. The molecule has 0 bridgehead atoms. The van der Waals surface area contributed by atoms with Crippen LogP contribution < -0.4 is 5.32 Å². The van der Waals surface area contributed by atoms with Gasteiger partial charge in [-0.1, -0.05) is 37.8 Å². The molecule has 1 fully saturated rings. The van der Waals surface area contributed by atoms with E-state index >= 15 is 0 Å². The molecule has 1 aliphatic carbocycles. The maximum atomic E-state index is 6.50. The fourth-order valence-electron chi connectivity index (χ4n) is 3.54. The summed E-state index contributed by atoms with van der Waals surface area (Å²) in [4.78, 5) is 0. The number of hydrogen-bond donors (Lipinski definition) is 1. The monoisotopic (exact) mass is 311 g/mol. The molecule has 3 nitrogen and oxygen atoms in total. The first kappa shape index (κ1) is 16.8. The zero-order valence-corrected chi connectivity index (χ0v) is 14.5. The van der Waals surface area contributed by atoms with Gasteiger partial charge in [-0.3, -0.25) is 4.68 Å². The van der Waals surface area contributed by atoms with Gasteiger partial charge in [0.1, 0.15) is 0 Å². The molecule has 0 saturated heterocycles. The first-order chi connectivity index (χ1) is 10.2. The van der Waals surface area contributed by atoms with Gasteiger partial charge in [-0.05, 0) is 45.6 Å². The lowest BCUT2D eigenvalue weighted by Crippen LogP contribution is -2.40. The highest BCUT2D eigenvalue weighted by Crippen LogP contribution is 2.30. The summed E-state index contributed by atoms with van der Waals surface area (Å²) in [6.45, 7) is 8.37. The Kier molecular flexibility index (Phi) is 6.56. The summed E-state index contributed by atoms with van der Waals surface area (Å²) < 4.78 is 2.08. The number of rotatable bonds is 7. The van der Waals surface area contributed by atoms with Gasteiger partial charge in [0.25, 0.3) is 0 Å². The molecule has 1 aromatic heterocycles. The van der Waals surface area contributed by atoms with E-state index in [4.69, 9.17) is 11.6 Å². The Hall–Kier alpha value is -0.540. The fraction of sp³-hybridized carbons (Fsp3) is 0.824. The quantitative estimate of drug-likeness (QED) is 0.811. The maximum absolute atomic E-state index is 6.50. The van der Waals surface area contributed by atoms with Gasteiger partial charge in [0, 0.05) is 19.0 Å². The number of hydrogen-bond acceptors (Lipinski definition) is 2. The smallest absolute Gasteiger partial charge is 0.0847 e. The van der Waals surface area contributed by atoms with E-state index in [0.717, 1.165) is 36.1 Å². The van der Waals surface area contributed by atoms with Gasteiger partial charge in [0.15, 0.2) is 0 Å². The topological polar surface area (TPSA) is 29.9 Å². The minimum atomic E-state index is 0.546. The Morgan fingerprint density at radius 2 is 2.00 bits per heavy atom. The molecule has 0 radical (unpaired) electrons. The molecule has 0 aromatic carbocycles. The van der Waals surface area contributed by atoms with Gasteiger partial charge in [-0.2, -0.15) is 5.10 Å². The van der Waals surface area contributed by atoms with Crippen molar-refractivity contribution in [2.24, 2.45) is 5.92 Å². The summed E-state index contributed by atoms with van der Waals surface area (Å²) in [5.41, 5.74) is 2.18. The van der Waals surface area contributed by atoms with Gasteiger partial charge >= 0.3 is 0 Å².